The quantitative estimate of drug-likeness (QED) is 0.0323. The summed E-state index contributed by atoms with van der Waals surface area (Å²) in [5.41, 5.74) is 0. The number of ether oxygens (including phenoxy) is 1. The minimum atomic E-state index is -0.851. The van der Waals surface area contributed by atoms with Gasteiger partial charge in [0.25, 0.3) is 0 Å². The maximum atomic E-state index is 12.4. The smallest absolute Gasteiger partial charge is 0.305 e. The predicted molar refractivity (Wildman–Crippen MR) is 246 cm³/mol. The minimum Gasteiger partial charge on any atom is -0.466 e. The second kappa shape index (κ2) is 47.3. The van der Waals surface area contributed by atoms with Crippen molar-refractivity contribution in [3.05, 3.63) is 12.2 Å². The summed E-state index contributed by atoms with van der Waals surface area (Å²) < 4.78 is 5.46. The number of hydrogen-bond acceptors (Lipinski definition) is 5. The molecule has 1 amide bonds. The Morgan fingerprint density at radius 3 is 1.19 bits per heavy atom. The Bertz CT molecular complexity index is 847. The summed E-state index contributed by atoms with van der Waals surface area (Å²) in [5, 5.41) is 23.0. The summed E-state index contributed by atoms with van der Waals surface area (Å²) in [6.07, 6.45) is 53.4. The van der Waals surface area contributed by atoms with E-state index >= 15 is 0 Å². The zero-order chi connectivity index (χ0) is 41.5. The maximum absolute atomic E-state index is 12.4. The summed E-state index contributed by atoms with van der Waals surface area (Å²) in [6.45, 7) is 4.88. The second-order valence-electron chi connectivity index (χ2n) is 17.5. The van der Waals surface area contributed by atoms with Gasteiger partial charge >= 0.3 is 5.97 Å². The number of esters is 1. The number of aliphatic hydroxyl groups is 2. The third-order valence-electron chi connectivity index (χ3n) is 11.8. The third kappa shape index (κ3) is 44.0. The third-order valence-corrected chi connectivity index (χ3v) is 11.8. The van der Waals surface area contributed by atoms with Crippen molar-refractivity contribution in [3.8, 4) is 0 Å². The van der Waals surface area contributed by atoms with E-state index in [1.165, 1.54) is 193 Å². The Balaban J connectivity index is 3.48. The summed E-state index contributed by atoms with van der Waals surface area (Å²) in [4.78, 5) is 24.4. The molecule has 0 fully saturated rings. The zero-order valence-electron chi connectivity index (χ0n) is 38.3. The van der Waals surface area contributed by atoms with Gasteiger partial charge in [0.15, 0.2) is 0 Å². The number of allylic oxidation sites excluding steroid dienone is 1. The molecule has 3 N–H and O–H groups in total. The highest BCUT2D eigenvalue weighted by molar-refractivity contribution is 5.76. The summed E-state index contributed by atoms with van der Waals surface area (Å²) >= 11 is 0. The minimum absolute atomic E-state index is 0.00532. The Labute approximate surface area is 355 Å². The van der Waals surface area contributed by atoms with E-state index < -0.39 is 12.1 Å². The molecule has 0 bridgehead atoms. The molecule has 0 aliphatic heterocycles. The fourth-order valence-electron chi connectivity index (χ4n) is 7.87. The number of unbranched alkanes of at least 4 members (excludes halogenated alkanes) is 36. The van der Waals surface area contributed by atoms with Crippen LogP contribution in [0.4, 0.5) is 0 Å². The van der Waals surface area contributed by atoms with Gasteiger partial charge in [-0.3, -0.25) is 9.59 Å². The van der Waals surface area contributed by atoms with Gasteiger partial charge in [0, 0.05) is 12.8 Å². The highest BCUT2D eigenvalue weighted by Gasteiger charge is 2.18. The number of aliphatic hydroxyl groups excluding tert-OH is 2. The molecule has 0 aromatic rings. The number of carbonyl (C=O) groups excluding carboxylic acids is 2. The Morgan fingerprint density at radius 2 is 0.807 bits per heavy atom. The molecule has 6 nitrogen and oxygen atoms in total. The molecule has 2 atom stereocenters. The van der Waals surface area contributed by atoms with Crippen LogP contribution in [0.1, 0.15) is 277 Å². The maximum Gasteiger partial charge on any atom is 0.305 e. The predicted octanol–water partition coefficient (Wildman–Crippen LogP) is 15.0. The standard InChI is InChI=1S/C51H99NO5/c1-3-5-7-9-11-13-15-17-20-23-27-31-35-39-43-49(54)48(47-53)52-50(55)44-40-36-32-28-24-21-18-22-26-30-34-38-42-46-57-51(56)45-41-37-33-29-25-19-16-14-12-10-8-6-4-2/h39,43,48-49,53-54H,3-38,40-42,44-47H2,1-2H3,(H,52,55)/b43-39+. The van der Waals surface area contributed by atoms with Crippen LogP contribution in [0.5, 0.6) is 0 Å². The van der Waals surface area contributed by atoms with Crippen LogP contribution in [0.2, 0.25) is 0 Å². The molecule has 0 heterocycles. The lowest BCUT2D eigenvalue weighted by Gasteiger charge is -2.20. The van der Waals surface area contributed by atoms with Crippen molar-refractivity contribution < 1.29 is 24.5 Å². The fourth-order valence-corrected chi connectivity index (χ4v) is 7.87. The Hall–Kier alpha value is -1.40. The van der Waals surface area contributed by atoms with E-state index in [2.05, 4.69) is 19.2 Å². The lowest BCUT2D eigenvalue weighted by atomic mass is 10.0. The van der Waals surface area contributed by atoms with Crippen molar-refractivity contribution in [2.45, 2.75) is 289 Å². The first kappa shape index (κ1) is 55.6. The van der Waals surface area contributed by atoms with E-state index in [0.717, 1.165) is 57.8 Å². The normalized spacial score (nSPS) is 12.7. The molecule has 2 unspecified atom stereocenters. The molecule has 0 saturated heterocycles. The molecule has 0 aliphatic rings. The molecule has 338 valence electrons. The van der Waals surface area contributed by atoms with Gasteiger partial charge in [-0.05, 0) is 32.1 Å². The number of hydrogen-bond donors (Lipinski definition) is 3. The Morgan fingerprint density at radius 1 is 0.474 bits per heavy atom. The highest BCUT2D eigenvalue weighted by Crippen LogP contribution is 2.16. The zero-order valence-corrected chi connectivity index (χ0v) is 38.3. The van der Waals surface area contributed by atoms with Crippen LogP contribution in [0, 0.1) is 0 Å². The molecule has 0 saturated carbocycles. The average Bonchev–Trinajstić information content (AvgIpc) is 3.21. The van der Waals surface area contributed by atoms with Gasteiger partial charge < -0.3 is 20.3 Å². The van der Waals surface area contributed by atoms with Crippen molar-refractivity contribution in [1.29, 1.82) is 0 Å². The first-order chi connectivity index (χ1) is 28.0. The van der Waals surface area contributed by atoms with Crippen LogP contribution in [0.3, 0.4) is 0 Å². The first-order valence-electron chi connectivity index (χ1n) is 25.5. The van der Waals surface area contributed by atoms with Crippen LogP contribution in [-0.2, 0) is 14.3 Å². The molecule has 0 aliphatic carbocycles. The molecule has 0 radical (unpaired) electrons. The largest absolute Gasteiger partial charge is 0.466 e. The van der Waals surface area contributed by atoms with E-state index in [-0.39, 0.29) is 18.5 Å². The highest BCUT2D eigenvalue weighted by atomic mass is 16.5. The molecule has 0 aromatic carbocycles. The molecule has 0 rings (SSSR count). The van der Waals surface area contributed by atoms with Crippen LogP contribution in [0.25, 0.3) is 0 Å². The van der Waals surface area contributed by atoms with Crippen molar-refractivity contribution in [2.75, 3.05) is 13.2 Å². The molecule has 0 aromatic heterocycles. The van der Waals surface area contributed by atoms with Gasteiger partial charge in [-0.15, -0.1) is 0 Å². The summed E-state index contributed by atoms with van der Waals surface area (Å²) in [5.74, 6) is -0.0852. The van der Waals surface area contributed by atoms with E-state index in [1.807, 2.05) is 6.08 Å². The molecule has 0 spiro atoms. The molecular weight excluding hydrogens is 707 g/mol. The molecule has 6 heteroatoms. The molecular formula is C51H99NO5. The van der Waals surface area contributed by atoms with Crippen LogP contribution < -0.4 is 5.32 Å². The fraction of sp³-hybridized carbons (Fsp3) is 0.922. The van der Waals surface area contributed by atoms with Crippen molar-refractivity contribution in [3.63, 3.8) is 0 Å². The van der Waals surface area contributed by atoms with Crippen LogP contribution in [0.15, 0.2) is 12.2 Å². The average molecular weight is 806 g/mol. The van der Waals surface area contributed by atoms with E-state index in [1.54, 1.807) is 6.08 Å². The number of nitrogens with one attached hydrogen (secondary N) is 1. The van der Waals surface area contributed by atoms with Gasteiger partial charge in [-0.1, -0.05) is 244 Å². The lowest BCUT2D eigenvalue weighted by Crippen LogP contribution is -2.45. The van der Waals surface area contributed by atoms with Crippen LogP contribution >= 0.6 is 0 Å². The first-order valence-corrected chi connectivity index (χ1v) is 25.5. The van der Waals surface area contributed by atoms with E-state index in [9.17, 15) is 19.8 Å². The number of rotatable bonds is 47. The Kier molecular flexibility index (Phi) is 46.1. The molecule has 57 heavy (non-hydrogen) atoms. The van der Waals surface area contributed by atoms with Gasteiger partial charge in [-0.2, -0.15) is 0 Å². The van der Waals surface area contributed by atoms with Crippen molar-refractivity contribution in [2.24, 2.45) is 0 Å². The lowest BCUT2D eigenvalue weighted by molar-refractivity contribution is -0.143. The van der Waals surface area contributed by atoms with E-state index in [0.29, 0.717) is 19.4 Å². The monoisotopic (exact) mass is 806 g/mol. The van der Waals surface area contributed by atoms with Gasteiger partial charge in [0.1, 0.15) is 0 Å². The summed E-state index contributed by atoms with van der Waals surface area (Å²) in [6, 6.07) is -0.635. The second-order valence-corrected chi connectivity index (χ2v) is 17.5. The van der Waals surface area contributed by atoms with Gasteiger partial charge in [0.2, 0.25) is 5.91 Å². The summed E-state index contributed by atoms with van der Waals surface area (Å²) in [7, 11) is 0. The van der Waals surface area contributed by atoms with Crippen molar-refractivity contribution >= 4 is 11.9 Å². The van der Waals surface area contributed by atoms with Gasteiger partial charge in [-0.25, -0.2) is 0 Å². The van der Waals surface area contributed by atoms with Gasteiger partial charge in [0.05, 0.1) is 25.4 Å². The van der Waals surface area contributed by atoms with Crippen molar-refractivity contribution in [1.82, 2.24) is 5.32 Å². The van der Waals surface area contributed by atoms with E-state index in [4.69, 9.17) is 4.74 Å². The topological polar surface area (TPSA) is 95.9 Å². The SMILES string of the molecule is CCCCCCCCCCCCCC/C=C/C(O)C(CO)NC(=O)CCCCCCCCCCCCCCCOC(=O)CCCCCCCCCCCCCCC. The number of amides is 1. The van der Waals surface area contributed by atoms with Crippen LogP contribution in [-0.4, -0.2) is 47.4 Å². The number of carbonyl (C=O) groups is 2.